The molecule has 1 aliphatic heterocycles. The van der Waals surface area contributed by atoms with Gasteiger partial charge in [0.2, 0.25) is 0 Å². The average molecular weight is 260 g/mol. The summed E-state index contributed by atoms with van der Waals surface area (Å²) in [6.07, 6.45) is 3.86. The zero-order chi connectivity index (χ0) is 13.1. The van der Waals surface area contributed by atoms with Gasteiger partial charge in [-0.15, -0.1) is 0 Å². The predicted molar refractivity (Wildman–Crippen MR) is 77.0 cm³/mol. The van der Waals surface area contributed by atoms with Crippen LogP contribution in [0.2, 0.25) is 0 Å². The molecule has 1 unspecified atom stereocenters. The van der Waals surface area contributed by atoms with Crippen molar-refractivity contribution in [3.05, 3.63) is 35.4 Å². The van der Waals surface area contributed by atoms with Gasteiger partial charge >= 0.3 is 0 Å². The van der Waals surface area contributed by atoms with Gasteiger partial charge in [-0.3, -0.25) is 4.90 Å². The fourth-order valence-corrected chi connectivity index (χ4v) is 2.69. The summed E-state index contributed by atoms with van der Waals surface area (Å²) in [5.74, 6) is 0. The Balaban J connectivity index is 1.61. The lowest BCUT2D eigenvalue weighted by Gasteiger charge is -2.24. The minimum atomic E-state index is 0.587. The fraction of sp³-hybridized carbons (Fsp3) is 0.625. The van der Waals surface area contributed by atoms with Gasteiger partial charge in [0.15, 0.2) is 0 Å². The van der Waals surface area contributed by atoms with E-state index in [1.807, 2.05) is 0 Å². The van der Waals surface area contributed by atoms with E-state index in [4.69, 9.17) is 4.74 Å². The van der Waals surface area contributed by atoms with Gasteiger partial charge in [-0.1, -0.05) is 24.3 Å². The maximum absolute atomic E-state index is 5.48. The number of hydrogen-bond acceptors (Lipinski definition) is 3. The second-order valence-corrected chi connectivity index (χ2v) is 5.86. The zero-order valence-corrected chi connectivity index (χ0v) is 11.8. The van der Waals surface area contributed by atoms with Crippen molar-refractivity contribution < 1.29 is 4.74 Å². The first-order chi connectivity index (χ1) is 9.33. The number of hydrogen-bond donors (Lipinski definition) is 1. The highest BCUT2D eigenvalue weighted by Crippen LogP contribution is 2.21. The molecule has 0 spiro atoms. The van der Waals surface area contributed by atoms with Gasteiger partial charge in [-0.2, -0.15) is 0 Å². The molecule has 3 rings (SSSR count). The van der Waals surface area contributed by atoms with Crippen LogP contribution in [0.15, 0.2) is 24.3 Å². The summed E-state index contributed by atoms with van der Waals surface area (Å²) >= 11 is 0. The topological polar surface area (TPSA) is 24.5 Å². The van der Waals surface area contributed by atoms with E-state index >= 15 is 0 Å². The summed E-state index contributed by atoms with van der Waals surface area (Å²) in [5.41, 5.74) is 2.89. The molecule has 2 aliphatic rings. The number of benzene rings is 1. The minimum Gasteiger partial charge on any atom is -0.380 e. The lowest BCUT2D eigenvalue weighted by molar-refractivity contribution is 0.156. The molecule has 0 radical (unpaired) electrons. The van der Waals surface area contributed by atoms with Crippen molar-refractivity contribution in [2.24, 2.45) is 0 Å². The number of rotatable bonds is 6. The Morgan fingerprint density at radius 1 is 1.21 bits per heavy atom. The smallest absolute Gasteiger partial charge is 0.0622 e. The van der Waals surface area contributed by atoms with Crippen LogP contribution in [-0.4, -0.2) is 37.2 Å². The monoisotopic (exact) mass is 260 g/mol. The van der Waals surface area contributed by atoms with Crippen molar-refractivity contribution in [2.75, 3.05) is 20.3 Å². The van der Waals surface area contributed by atoms with Gasteiger partial charge in [0.05, 0.1) is 6.61 Å². The Bertz CT molecular complexity index is 411. The molecular formula is C16H24N2O. The summed E-state index contributed by atoms with van der Waals surface area (Å²) in [7, 11) is 2.21. The van der Waals surface area contributed by atoms with Gasteiger partial charge in [0, 0.05) is 31.8 Å². The highest BCUT2D eigenvalue weighted by atomic mass is 16.5. The maximum atomic E-state index is 5.48. The number of ether oxygens (including phenoxy) is 1. The first-order valence-corrected chi connectivity index (χ1v) is 7.41. The molecule has 0 bridgehead atoms. The first-order valence-electron chi connectivity index (χ1n) is 7.41. The van der Waals surface area contributed by atoms with Crippen LogP contribution in [0.5, 0.6) is 0 Å². The molecule has 0 aromatic heterocycles. The van der Waals surface area contributed by atoms with Crippen LogP contribution >= 0.6 is 0 Å². The third kappa shape index (κ3) is 3.56. The van der Waals surface area contributed by atoms with Crippen LogP contribution in [0.4, 0.5) is 0 Å². The molecule has 1 heterocycles. The molecule has 1 aromatic rings. The highest BCUT2D eigenvalue weighted by molar-refractivity contribution is 5.27. The van der Waals surface area contributed by atoms with Gasteiger partial charge in [0.1, 0.15) is 0 Å². The molecule has 104 valence electrons. The minimum absolute atomic E-state index is 0.587. The third-order valence-electron chi connectivity index (χ3n) is 4.23. The quantitative estimate of drug-likeness (QED) is 0.848. The second-order valence-electron chi connectivity index (χ2n) is 5.86. The standard InChI is InChI=1S/C16H24N2O/c1-18(16-8-9-19-12-16)11-14-5-3-2-4-13(14)10-17-15-6-7-15/h2-5,15-17H,6-12H2,1H3. The van der Waals surface area contributed by atoms with Gasteiger partial charge in [0.25, 0.3) is 0 Å². The Morgan fingerprint density at radius 3 is 2.68 bits per heavy atom. The van der Waals surface area contributed by atoms with Crippen LogP contribution in [0.1, 0.15) is 30.4 Å². The lowest BCUT2D eigenvalue weighted by atomic mass is 10.1. The number of likely N-dealkylation sites (N-methyl/N-ethyl adjacent to an activating group) is 1. The molecule has 19 heavy (non-hydrogen) atoms. The van der Waals surface area contributed by atoms with Crippen molar-refractivity contribution in [1.29, 1.82) is 0 Å². The summed E-state index contributed by atoms with van der Waals surface area (Å²) < 4.78 is 5.48. The second kappa shape index (κ2) is 6.04. The molecule has 3 heteroatoms. The maximum Gasteiger partial charge on any atom is 0.0622 e. The molecule has 2 fully saturated rings. The van der Waals surface area contributed by atoms with Gasteiger partial charge in [-0.05, 0) is 37.4 Å². The van der Waals surface area contributed by atoms with E-state index in [0.717, 1.165) is 32.3 Å². The molecule has 1 saturated carbocycles. The van der Waals surface area contributed by atoms with Crippen LogP contribution in [0.3, 0.4) is 0 Å². The van der Waals surface area contributed by atoms with Gasteiger partial charge in [-0.25, -0.2) is 0 Å². The van der Waals surface area contributed by atoms with Crippen LogP contribution in [0.25, 0.3) is 0 Å². The Kier molecular flexibility index (Phi) is 4.16. The molecule has 1 saturated heterocycles. The molecule has 0 amide bonds. The van der Waals surface area contributed by atoms with Crippen molar-refractivity contribution in [1.82, 2.24) is 10.2 Å². The van der Waals surface area contributed by atoms with E-state index in [2.05, 4.69) is 41.5 Å². The van der Waals surface area contributed by atoms with Crippen molar-refractivity contribution in [2.45, 2.75) is 44.4 Å². The molecular weight excluding hydrogens is 236 g/mol. The lowest BCUT2D eigenvalue weighted by Crippen LogP contribution is -2.32. The molecule has 1 N–H and O–H groups in total. The summed E-state index contributed by atoms with van der Waals surface area (Å²) in [4.78, 5) is 2.43. The van der Waals surface area contributed by atoms with E-state index in [9.17, 15) is 0 Å². The summed E-state index contributed by atoms with van der Waals surface area (Å²) in [5, 5.41) is 3.61. The van der Waals surface area contributed by atoms with Crippen LogP contribution < -0.4 is 5.32 Å². The van der Waals surface area contributed by atoms with E-state index in [1.54, 1.807) is 0 Å². The van der Waals surface area contributed by atoms with E-state index in [0.29, 0.717) is 6.04 Å². The van der Waals surface area contributed by atoms with E-state index in [1.165, 1.54) is 30.4 Å². The third-order valence-corrected chi connectivity index (χ3v) is 4.23. The highest BCUT2D eigenvalue weighted by Gasteiger charge is 2.22. The SMILES string of the molecule is CN(Cc1ccccc1CNC1CC1)C1CCOC1. The van der Waals surface area contributed by atoms with Crippen molar-refractivity contribution in [3.8, 4) is 0 Å². The van der Waals surface area contributed by atoms with Gasteiger partial charge < -0.3 is 10.1 Å². The molecule has 1 aliphatic carbocycles. The summed E-state index contributed by atoms with van der Waals surface area (Å²) in [6, 6.07) is 10.2. The Hall–Kier alpha value is -0.900. The number of nitrogens with zero attached hydrogens (tertiary/aromatic N) is 1. The largest absolute Gasteiger partial charge is 0.380 e. The normalized spacial score (nSPS) is 23.2. The first kappa shape index (κ1) is 13.1. The predicted octanol–water partition coefficient (Wildman–Crippen LogP) is 2.16. The summed E-state index contributed by atoms with van der Waals surface area (Å²) in [6.45, 7) is 3.84. The van der Waals surface area contributed by atoms with Crippen LogP contribution in [0, 0.1) is 0 Å². The number of nitrogens with one attached hydrogen (secondary N) is 1. The Labute approximate surface area is 115 Å². The molecule has 1 atom stereocenters. The van der Waals surface area contributed by atoms with Crippen LogP contribution in [-0.2, 0) is 17.8 Å². The molecule has 1 aromatic carbocycles. The average Bonchev–Trinajstić information content (AvgIpc) is 3.09. The Morgan fingerprint density at radius 2 is 2.00 bits per heavy atom. The van der Waals surface area contributed by atoms with E-state index < -0.39 is 0 Å². The zero-order valence-electron chi connectivity index (χ0n) is 11.8. The fourth-order valence-electron chi connectivity index (χ4n) is 2.69. The molecule has 3 nitrogen and oxygen atoms in total. The van der Waals surface area contributed by atoms with E-state index in [-0.39, 0.29) is 0 Å². The van der Waals surface area contributed by atoms with Crippen molar-refractivity contribution in [3.63, 3.8) is 0 Å². The van der Waals surface area contributed by atoms with Crippen molar-refractivity contribution >= 4 is 0 Å².